The molecule has 0 N–H and O–H groups in total. The molecule has 0 atom stereocenters. The zero-order valence-corrected chi connectivity index (χ0v) is 20.7. The molecule has 2 amide bonds. The third-order valence-electron chi connectivity index (χ3n) is 5.07. The van der Waals surface area contributed by atoms with Crippen LogP contribution in [0.25, 0.3) is 6.08 Å². The highest BCUT2D eigenvalue weighted by Crippen LogP contribution is 2.34. The topological polar surface area (TPSA) is 70.4 Å². The number of carbonyl (C=O) groups is 2. The second kappa shape index (κ2) is 10.2. The number of aryl methyl sites for hydroxylation is 1. The van der Waals surface area contributed by atoms with Crippen LogP contribution in [-0.2, 0) is 17.9 Å². The summed E-state index contributed by atoms with van der Waals surface area (Å²) in [4.78, 5) is 26.9. The Labute approximate surface area is 210 Å². The zero-order valence-electron chi connectivity index (χ0n) is 17.7. The molecular formula is C26H19IN2O3S. The minimum absolute atomic E-state index is 0.0784. The Balaban J connectivity index is 1.47. The van der Waals surface area contributed by atoms with Gasteiger partial charge >= 0.3 is 0 Å². The van der Waals surface area contributed by atoms with E-state index in [1.54, 1.807) is 30.3 Å². The van der Waals surface area contributed by atoms with Crippen molar-refractivity contribution >= 4 is 51.6 Å². The minimum atomic E-state index is -0.354. The van der Waals surface area contributed by atoms with Gasteiger partial charge < -0.3 is 4.74 Å². The number of benzene rings is 3. The number of nitriles is 1. The molecule has 0 aliphatic carbocycles. The monoisotopic (exact) mass is 566 g/mol. The van der Waals surface area contributed by atoms with Crippen LogP contribution in [0, 0.1) is 21.8 Å². The lowest BCUT2D eigenvalue weighted by Gasteiger charge is -2.13. The van der Waals surface area contributed by atoms with Gasteiger partial charge in [0, 0.05) is 0 Å². The van der Waals surface area contributed by atoms with E-state index >= 15 is 0 Å². The van der Waals surface area contributed by atoms with E-state index in [1.807, 2.05) is 43.3 Å². The number of nitrogens with zero attached hydrogens (tertiary/aromatic N) is 2. The van der Waals surface area contributed by atoms with E-state index in [2.05, 4.69) is 34.7 Å². The summed E-state index contributed by atoms with van der Waals surface area (Å²) in [7, 11) is 0. The van der Waals surface area contributed by atoms with Crippen LogP contribution >= 0.6 is 34.4 Å². The van der Waals surface area contributed by atoms with Crippen LogP contribution in [0.3, 0.4) is 0 Å². The third-order valence-corrected chi connectivity index (χ3v) is 6.82. The molecule has 0 saturated carbocycles. The molecule has 1 heterocycles. The number of amides is 2. The SMILES string of the molecule is Cc1cccc(COc2ccc(/C=C3/SC(=O)N(Cc4ccccc4C#N)C3=O)cc2I)c1. The molecule has 0 radical (unpaired) electrons. The van der Waals surface area contributed by atoms with Gasteiger partial charge in [0.1, 0.15) is 12.4 Å². The van der Waals surface area contributed by atoms with Crippen molar-refractivity contribution in [2.45, 2.75) is 20.1 Å². The van der Waals surface area contributed by atoms with E-state index < -0.39 is 0 Å². The summed E-state index contributed by atoms with van der Waals surface area (Å²) in [6.45, 7) is 2.60. The summed E-state index contributed by atoms with van der Waals surface area (Å²) in [6.07, 6.45) is 1.72. The molecule has 3 aromatic rings. The van der Waals surface area contributed by atoms with Gasteiger partial charge in [0.2, 0.25) is 0 Å². The molecule has 0 aromatic heterocycles. The highest BCUT2D eigenvalue weighted by molar-refractivity contribution is 14.1. The maximum Gasteiger partial charge on any atom is 0.293 e. The first-order valence-corrected chi connectivity index (χ1v) is 12.1. The van der Waals surface area contributed by atoms with E-state index in [0.717, 1.165) is 32.2 Å². The number of ether oxygens (including phenoxy) is 1. The van der Waals surface area contributed by atoms with E-state index in [-0.39, 0.29) is 17.7 Å². The Morgan fingerprint density at radius 2 is 1.91 bits per heavy atom. The van der Waals surface area contributed by atoms with Crippen molar-refractivity contribution in [3.8, 4) is 11.8 Å². The molecule has 0 unspecified atom stereocenters. The van der Waals surface area contributed by atoms with Crippen molar-refractivity contribution in [1.82, 2.24) is 4.90 Å². The van der Waals surface area contributed by atoms with Crippen molar-refractivity contribution in [1.29, 1.82) is 5.26 Å². The summed E-state index contributed by atoms with van der Waals surface area (Å²) in [5, 5.41) is 8.93. The van der Waals surface area contributed by atoms with E-state index in [4.69, 9.17) is 4.74 Å². The molecule has 164 valence electrons. The molecule has 1 aliphatic heterocycles. The third kappa shape index (κ3) is 5.46. The standard InChI is InChI=1S/C26H19IN2O3S/c1-17-5-4-6-19(11-17)16-32-23-10-9-18(12-22(23)27)13-24-25(30)29(26(31)33-24)15-21-8-3-2-7-20(21)14-28/h2-13H,15-16H2,1H3/b24-13+. The number of thioether (sulfide) groups is 1. The van der Waals surface area contributed by atoms with Gasteiger partial charge in [0.25, 0.3) is 11.1 Å². The maximum absolute atomic E-state index is 12.9. The molecule has 4 rings (SSSR count). The number of hydrogen-bond donors (Lipinski definition) is 0. The van der Waals surface area contributed by atoms with Gasteiger partial charge in [-0.05, 0) is 82.2 Å². The largest absolute Gasteiger partial charge is 0.488 e. The van der Waals surface area contributed by atoms with Crippen LogP contribution in [0.2, 0.25) is 0 Å². The smallest absolute Gasteiger partial charge is 0.293 e. The molecule has 0 spiro atoms. The first-order chi connectivity index (χ1) is 15.9. The van der Waals surface area contributed by atoms with E-state index in [1.165, 1.54) is 10.5 Å². The molecule has 1 fully saturated rings. The van der Waals surface area contributed by atoms with Crippen molar-refractivity contribution < 1.29 is 14.3 Å². The Hall–Kier alpha value is -3.09. The van der Waals surface area contributed by atoms with Crippen molar-refractivity contribution in [3.63, 3.8) is 0 Å². The highest BCUT2D eigenvalue weighted by Gasteiger charge is 2.35. The molecular weight excluding hydrogens is 547 g/mol. The first kappa shape index (κ1) is 23.1. The van der Waals surface area contributed by atoms with Crippen LogP contribution in [0.5, 0.6) is 5.75 Å². The van der Waals surface area contributed by atoms with Gasteiger partial charge in [-0.15, -0.1) is 0 Å². The minimum Gasteiger partial charge on any atom is -0.488 e. The van der Waals surface area contributed by atoms with Crippen LogP contribution in [0.1, 0.15) is 27.8 Å². The zero-order chi connectivity index (χ0) is 23.4. The Kier molecular flexibility index (Phi) is 7.16. The van der Waals surface area contributed by atoms with Gasteiger partial charge in [-0.1, -0.05) is 54.1 Å². The van der Waals surface area contributed by atoms with Crippen molar-refractivity contribution in [3.05, 3.63) is 103 Å². The molecule has 3 aromatic carbocycles. The molecule has 1 saturated heterocycles. The summed E-state index contributed by atoms with van der Waals surface area (Å²) in [6, 6.07) is 22.9. The predicted molar refractivity (Wildman–Crippen MR) is 137 cm³/mol. The quantitative estimate of drug-likeness (QED) is 0.259. The number of imide groups is 1. The molecule has 7 heteroatoms. The van der Waals surface area contributed by atoms with Gasteiger partial charge in [0.05, 0.1) is 26.7 Å². The lowest BCUT2D eigenvalue weighted by molar-refractivity contribution is -0.123. The van der Waals surface area contributed by atoms with Gasteiger partial charge in [-0.25, -0.2) is 0 Å². The van der Waals surface area contributed by atoms with Crippen LogP contribution in [0.4, 0.5) is 4.79 Å². The molecule has 33 heavy (non-hydrogen) atoms. The maximum atomic E-state index is 12.9. The average molecular weight is 566 g/mol. The fourth-order valence-electron chi connectivity index (χ4n) is 3.41. The van der Waals surface area contributed by atoms with Crippen molar-refractivity contribution in [2.75, 3.05) is 0 Å². The van der Waals surface area contributed by atoms with E-state index in [0.29, 0.717) is 22.6 Å². The van der Waals surface area contributed by atoms with Gasteiger partial charge in [-0.3, -0.25) is 14.5 Å². The fourth-order valence-corrected chi connectivity index (χ4v) is 4.95. The highest BCUT2D eigenvalue weighted by atomic mass is 127. The fraction of sp³-hybridized carbons (Fsp3) is 0.115. The predicted octanol–water partition coefficient (Wildman–Crippen LogP) is 6.29. The summed E-state index contributed by atoms with van der Waals surface area (Å²) in [5.74, 6) is 0.406. The van der Waals surface area contributed by atoms with Gasteiger partial charge in [0.15, 0.2) is 0 Å². The summed E-state index contributed by atoms with van der Waals surface area (Å²) >= 11 is 3.11. The number of hydrogen-bond acceptors (Lipinski definition) is 5. The number of rotatable bonds is 6. The normalized spacial score (nSPS) is 14.6. The van der Waals surface area contributed by atoms with Crippen LogP contribution < -0.4 is 4.74 Å². The molecule has 1 aliphatic rings. The number of halogens is 1. The lowest BCUT2D eigenvalue weighted by atomic mass is 10.1. The van der Waals surface area contributed by atoms with Gasteiger partial charge in [-0.2, -0.15) is 5.26 Å². The van der Waals surface area contributed by atoms with E-state index in [9.17, 15) is 14.9 Å². The summed E-state index contributed by atoms with van der Waals surface area (Å²) in [5.41, 5.74) is 4.20. The molecule has 0 bridgehead atoms. The van der Waals surface area contributed by atoms with Crippen LogP contribution in [0.15, 0.2) is 71.6 Å². The Morgan fingerprint density at radius 3 is 2.67 bits per heavy atom. The Bertz CT molecular complexity index is 1310. The van der Waals surface area contributed by atoms with Crippen molar-refractivity contribution in [2.24, 2.45) is 0 Å². The second-order valence-electron chi connectivity index (χ2n) is 7.50. The average Bonchev–Trinajstić information content (AvgIpc) is 3.06. The number of carbonyl (C=O) groups excluding carboxylic acids is 2. The Morgan fingerprint density at radius 1 is 1.09 bits per heavy atom. The molecule has 5 nitrogen and oxygen atoms in total. The first-order valence-electron chi connectivity index (χ1n) is 10.2. The second-order valence-corrected chi connectivity index (χ2v) is 9.66. The lowest BCUT2D eigenvalue weighted by Crippen LogP contribution is -2.27. The summed E-state index contributed by atoms with van der Waals surface area (Å²) < 4.78 is 6.87. The van der Waals surface area contributed by atoms with Crippen LogP contribution in [-0.4, -0.2) is 16.0 Å².